The molecule has 3 heterocycles. The van der Waals surface area contributed by atoms with Gasteiger partial charge in [0.15, 0.2) is 0 Å². The van der Waals surface area contributed by atoms with Crippen molar-refractivity contribution < 1.29 is 4.79 Å². The van der Waals surface area contributed by atoms with E-state index in [4.69, 9.17) is 9.97 Å². The largest absolute Gasteiger partial charge is 0.341 e. The maximum atomic E-state index is 13.6. The van der Waals surface area contributed by atoms with Gasteiger partial charge >= 0.3 is 0 Å². The average molecular weight is 471 g/mol. The Hall–Kier alpha value is -3.06. The van der Waals surface area contributed by atoms with Gasteiger partial charge in [0, 0.05) is 37.8 Å². The highest BCUT2D eigenvalue weighted by molar-refractivity contribution is 5.95. The molecule has 7 nitrogen and oxygen atoms in total. The van der Waals surface area contributed by atoms with E-state index < -0.39 is 0 Å². The minimum Gasteiger partial charge on any atom is -0.341 e. The Morgan fingerprint density at radius 3 is 2.74 bits per heavy atom. The van der Waals surface area contributed by atoms with Gasteiger partial charge in [0.2, 0.25) is 0 Å². The molecule has 1 atom stereocenters. The van der Waals surface area contributed by atoms with Gasteiger partial charge in [0.25, 0.3) is 11.9 Å². The van der Waals surface area contributed by atoms with Crippen molar-refractivity contribution >= 4 is 5.91 Å². The third-order valence-electron chi connectivity index (χ3n) is 7.81. The fourth-order valence-corrected chi connectivity index (χ4v) is 5.88. The van der Waals surface area contributed by atoms with E-state index in [1.165, 1.54) is 29.5 Å². The maximum absolute atomic E-state index is 13.6. The topological polar surface area (TPSA) is 67.2 Å². The lowest BCUT2D eigenvalue weighted by Crippen LogP contribution is -2.40. The van der Waals surface area contributed by atoms with E-state index in [-0.39, 0.29) is 5.91 Å². The number of aryl methyl sites for hydroxylation is 2. The van der Waals surface area contributed by atoms with Gasteiger partial charge < -0.3 is 9.80 Å². The second-order valence-electron chi connectivity index (χ2n) is 10.6. The Kier molecular flexibility index (Phi) is 5.88. The molecule has 3 aromatic rings. The van der Waals surface area contributed by atoms with Crippen molar-refractivity contribution in [1.82, 2.24) is 29.5 Å². The minimum atomic E-state index is 0.0616. The average Bonchev–Trinajstić information content (AvgIpc) is 3.64. The molecule has 1 saturated heterocycles. The van der Waals surface area contributed by atoms with Crippen molar-refractivity contribution in [2.45, 2.75) is 50.9 Å². The Morgan fingerprint density at radius 1 is 1.09 bits per heavy atom. The lowest BCUT2D eigenvalue weighted by molar-refractivity contribution is 0.0739. The molecule has 3 aliphatic rings. The SMILES string of the molecule is CN1CCCC(CN(C)C(=O)c2cnn(-c3ncc4c(n3)-c3ccccc3CCC4)c2C2CC2)C1. The summed E-state index contributed by atoms with van der Waals surface area (Å²) in [6.45, 7) is 2.99. The van der Waals surface area contributed by atoms with E-state index in [1.54, 1.807) is 6.20 Å². The molecule has 0 bridgehead atoms. The van der Waals surface area contributed by atoms with E-state index in [0.717, 1.165) is 63.1 Å². The number of benzene rings is 1. The summed E-state index contributed by atoms with van der Waals surface area (Å²) in [7, 11) is 4.10. The number of carbonyl (C=O) groups is 1. The molecule has 1 amide bonds. The van der Waals surface area contributed by atoms with Gasteiger partial charge in [-0.2, -0.15) is 5.10 Å². The lowest BCUT2D eigenvalue weighted by Gasteiger charge is -2.32. The summed E-state index contributed by atoms with van der Waals surface area (Å²) in [5.74, 6) is 1.50. The molecule has 2 fully saturated rings. The number of carbonyl (C=O) groups excluding carboxylic acids is 1. The Labute approximate surface area is 207 Å². The first-order valence-corrected chi connectivity index (χ1v) is 13.0. The summed E-state index contributed by atoms with van der Waals surface area (Å²) in [5, 5.41) is 4.67. The number of rotatable bonds is 5. The highest BCUT2D eigenvalue weighted by atomic mass is 16.2. The summed E-state index contributed by atoms with van der Waals surface area (Å²) in [5.41, 5.74) is 6.41. The first-order chi connectivity index (χ1) is 17.1. The Balaban J connectivity index is 1.32. The number of hydrogen-bond donors (Lipinski definition) is 0. The van der Waals surface area contributed by atoms with E-state index in [0.29, 0.717) is 23.3 Å². The quantitative estimate of drug-likeness (QED) is 0.561. The van der Waals surface area contributed by atoms with Crippen LogP contribution in [-0.2, 0) is 12.8 Å². The number of amides is 1. The molecule has 1 saturated carbocycles. The third-order valence-corrected chi connectivity index (χ3v) is 7.81. The van der Waals surface area contributed by atoms with Crippen LogP contribution in [0.2, 0.25) is 0 Å². The molecule has 1 aliphatic heterocycles. The van der Waals surface area contributed by atoms with Crippen molar-refractivity contribution in [2.24, 2.45) is 5.92 Å². The third kappa shape index (κ3) is 4.38. The summed E-state index contributed by atoms with van der Waals surface area (Å²) in [4.78, 5) is 27.6. The van der Waals surface area contributed by atoms with Crippen LogP contribution in [0.5, 0.6) is 0 Å². The van der Waals surface area contributed by atoms with Crippen molar-refractivity contribution in [3.05, 3.63) is 59.0 Å². The zero-order chi connectivity index (χ0) is 23.9. The van der Waals surface area contributed by atoms with Crippen LogP contribution in [0.1, 0.15) is 65.2 Å². The zero-order valence-electron chi connectivity index (χ0n) is 20.8. The molecule has 6 rings (SSSR count). The molecule has 7 heteroatoms. The monoisotopic (exact) mass is 470 g/mol. The predicted octanol–water partition coefficient (Wildman–Crippen LogP) is 4.11. The van der Waals surface area contributed by atoms with Gasteiger partial charge in [0.05, 0.1) is 23.1 Å². The molecule has 1 unspecified atom stereocenters. The smallest absolute Gasteiger partial charge is 0.257 e. The highest BCUT2D eigenvalue weighted by Gasteiger charge is 2.35. The van der Waals surface area contributed by atoms with Crippen LogP contribution in [0.3, 0.4) is 0 Å². The second kappa shape index (κ2) is 9.19. The van der Waals surface area contributed by atoms with Crippen LogP contribution in [0.25, 0.3) is 17.2 Å². The van der Waals surface area contributed by atoms with E-state index >= 15 is 0 Å². The molecule has 35 heavy (non-hydrogen) atoms. The molecule has 2 aliphatic carbocycles. The fraction of sp³-hybridized carbons (Fsp3) is 0.500. The number of piperidine rings is 1. The normalized spacial score (nSPS) is 20.1. The first-order valence-electron chi connectivity index (χ1n) is 13.0. The standard InChI is InChI=1S/C28H34N6O/c1-32-14-6-7-19(17-32)18-33(2)27(35)24-16-30-34(26(24)21-12-13-21)28-29-15-22-10-5-9-20-8-3-4-11-23(20)25(22)31-28/h3-4,8,11,15-16,19,21H,5-7,9-10,12-14,17-18H2,1-2H3. The van der Waals surface area contributed by atoms with Gasteiger partial charge in [-0.25, -0.2) is 14.6 Å². The molecule has 0 radical (unpaired) electrons. The summed E-state index contributed by atoms with van der Waals surface area (Å²) in [6.07, 6.45) is 11.4. The molecular weight excluding hydrogens is 436 g/mol. The van der Waals surface area contributed by atoms with Crippen LogP contribution in [0.4, 0.5) is 0 Å². The number of nitrogens with zero attached hydrogens (tertiary/aromatic N) is 6. The summed E-state index contributed by atoms with van der Waals surface area (Å²) in [6, 6.07) is 8.54. The van der Waals surface area contributed by atoms with Crippen LogP contribution in [0, 0.1) is 5.92 Å². The number of hydrogen-bond acceptors (Lipinski definition) is 5. The van der Waals surface area contributed by atoms with Gasteiger partial charge in [-0.3, -0.25) is 4.79 Å². The summed E-state index contributed by atoms with van der Waals surface area (Å²) < 4.78 is 1.83. The Morgan fingerprint density at radius 2 is 1.91 bits per heavy atom. The summed E-state index contributed by atoms with van der Waals surface area (Å²) >= 11 is 0. The number of aromatic nitrogens is 4. The van der Waals surface area contributed by atoms with E-state index in [1.807, 2.05) is 22.8 Å². The highest BCUT2D eigenvalue weighted by Crippen LogP contribution is 2.43. The fourth-order valence-electron chi connectivity index (χ4n) is 5.88. The van der Waals surface area contributed by atoms with Crippen molar-refractivity contribution in [1.29, 1.82) is 0 Å². The van der Waals surface area contributed by atoms with Crippen molar-refractivity contribution in [3.8, 4) is 17.2 Å². The van der Waals surface area contributed by atoms with E-state index in [2.05, 4.69) is 41.3 Å². The number of fused-ring (bicyclic) bond motifs is 3. The molecule has 182 valence electrons. The lowest BCUT2D eigenvalue weighted by atomic mass is 9.97. The Bertz CT molecular complexity index is 1250. The van der Waals surface area contributed by atoms with Gasteiger partial charge in [-0.05, 0) is 75.6 Å². The first kappa shape index (κ1) is 22.4. The second-order valence-corrected chi connectivity index (χ2v) is 10.6. The van der Waals surface area contributed by atoms with E-state index in [9.17, 15) is 4.79 Å². The maximum Gasteiger partial charge on any atom is 0.257 e. The van der Waals surface area contributed by atoms with Gasteiger partial charge in [0.1, 0.15) is 0 Å². The molecule has 0 N–H and O–H groups in total. The van der Waals surface area contributed by atoms with Crippen LogP contribution in [-0.4, -0.2) is 69.2 Å². The van der Waals surface area contributed by atoms with Crippen LogP contribution >= 0.6 is 0 Å². The van der Waals surface area contributed by atoms with Gasteiger partial charge in [-0.15, -0.1) is 0 Å². The molecule has 2 aromatic heterocycles. The molecule has 0 spiro atoms. The predicted molar refractivity (Wildman–Crippen MR) is 136 cm³/mol. The molecule has 1 aromatic carbocycles. The van der Waals surface area contributed by atoms with Crippen molar-refractivity contribution in [2.75, 3.05) is 33.7 Å². The minimum absolute atomic E-state index is 0.0616. The van der Waals surface area contributed by atoms with Gasteiger partial charge in [-0.1, -0.05) is 24.3 Å². The zero-order valence-corrected chi connectivity index (χ0v) is 20.8. The van der Waals surface area contributed by atoms with Crippen LogP contribution in [0.15, 0.2) is 36.7 Å². The van der Waals surface area contributed by atoms with Crippen molar-refractivity contribution in [3.63, 3.8) is 0 Å². The molecular formula is C28H34N6O. The van der Waals surface area contributed by atoms with Crippen LogP contribution < -0.4 is 0 Å². The number of likely N-dealkylation sites (tertiary alicyclic amines) is 1.